The Labute approximate surface area is 154 Å². The lowest BCUT2D eigenvalue weighted by Crippen LogP contribution is -2.34. The van der Waals surface area contributed by atoms with E-state index in [1.807, 2.05) is 0 Å². The minimum absolute atomic E-state index is 0.0618. The van der Waals surface area contributed by atoms with Gasteiger partial charge in [-0.2, -0.15) is 0 Å². The average molecular weight is 374 g/mol. The zero-order valence-corrected chi connectivity index (χ0v) is 14.5. The molecule has 1 N–H and O–H groups in total. The largest absolute Gasteiger partial charge is 0.462 e. The molecule has 9 heteroatoms. The third-order valence-corrected chi connectivity index (χ3v) is 5.79. The van der Waals surface area contributed by atoms with Crippen molar-refractivity contribution in [3.63, 3.8) is 0 Å². The van der Waals surface area contributed by atoms with Gasteiger partial charge in [0.05, 0.1) is 16.8 Å². The molecule has 1 aromatic rings. The lowest BCUT2D eigenvalue weighted by molar-refractivity contribution is -0.385. The fourth-order valence-electron chi connectivity index (χ4n) is 4.64. The van der Waals surface area contributed by atoms with E-state index in [2.05, 4.69) is 5.32 Å². The Morgan fingerprint density at radius 2 is 2.15 bits per heavy atom. The molecule has 0 spiro atoms. The molecule has 3 aliphatic rings. The number of carbonyl (C=O) groups is 3. The fourth-order valence-corrected chi connectivity index (χ4v) is 4.64. The standard InChI is InChI=1S/C18H18N2O7/c1-8-2-3-10(6-12(8)20(24)25)19-14(21)7-26-17(22)15-9-4-11-13(5-9)27-18(23)16(11)15/h2-3,6,9,11,13,15-16H,4-5,7H2,1H3,(H,19,21)/t9-,11+,13+,15-,16+/m1/s1. The van der Waals surface area contributed by atoms with Gasteiger partial charge in [0.1, 0.15) is 6.10 Å². The maximum Gasteiger partial charge on any atom is 0.310 e. The molecule has 0 aromatic heterocycles. The smallest absolute Gasteiger partial charge is 0.310 e. The van der Waals surface area contributed by atoms with Gasteiger partial charge < -0.3 is 14.8 Å². The number of benzene rings is 1. The normalized spacial score (nSPS) is 30.1. The molecule has 2 saturated carbocycles. The first-order valence-electron chi connectivity index (χ1n) is 8.77. The van der Waals surface area contributed by atoms with Crippen LogP contribution < -0.4 is 5.32 Å². The summed E-state index contributed by atoms with van der Waals surface area (Å²) in [7, 11) is 0. The Balaban J connectivity index is 1.35. The van der Waals surface area contributed by atoms with Crippen molar-refractivity contribution in [1.29, 1.82) is 0 Å². The number of fused-ring (bicyclic) bond motifs is 1. The third kappa shape index (κ3) is 2.92. The summed E-state index contributed by atoms with van der Waals surface area (Å²) in [4.78, 5) is 46.8. The molecule has 2 bridgehead atoms. The molecule has 9 nitrogen and oxygen atoms in total. The van der Waals surface area contributed by atoms with Crippen molar-refractivity contribution in [3.05, 3.63) is 33.9 Å². The number of nitro benzene ring substituents is 1. The van der Waals surface area contributed by atoms with Gasteiger partial charge in [0.25, 0.3) is 11.6 Å². The molecule has 1 aromatic carbocycles. The molecule has 0 unspecified atom stereocenters. The van der Waals surface area contributed by atoms with E-state index in [4.69, 9.17) is 9.47 Å². The van der Waals surface area contributed by atoms with Crippen molar-refractivity contribution in [2.45, 2.75) is 25.9 Å². The van der Waals surface area contributed by atoms with Crippen LogP contribution in [-0.2, 0) is 23.9 Å². The van der Waals surface area contributed by atoms with Crippen LogP contribution in [0.25, 0.3) is 0 Å². The molecule has 0 radical (unpaired) electrons. The van der Waals surface area contributed by atoms with Crippen LogP contribution in [0.1, 0.15) is 18.4 Å². The Kier molecular flexibility index (Phi) is 4.09. The van der Waals surface area contributed by atoms with Gasteiger partial charge in [-0.1, -0.05) is 6.07 Å². The van der Waals surface area contributed by atoms with Crippen molar-refractivity contribution in [3.8, 4) is 0 Å². The lowest BCUT2D eigenvalue weighted by atomic mass is 9.80. The summed E-state index contributed by atoms with van der Waals surface area (Å²) in [6, 6.07) is 4.31. The Morgan fingerprint density at radius 3 is 2.89 bits per heavy atom. The van der Waals surface area contributed by atoms with Gasteiger partial charge in [0.15, 0.2) is 6.61 Å². The van der Waals surface area contributed by atoms with Gasteiger partial charge in [-0.15, -0.1) is 0 Å². The molecule has 27 heavy (non-hydrogen) atoms. The maximum absolute atomic E-state index is 12.4. The number of esters is 2. The lowest BCUT2D eigenvalue weighted by Gasteiger charge is -2.22. The van der Waals surface area contributed by atoms with Crippen molar-refractivity contribution >= 4 is 29.2 Å². The van der Waals surface area contributed by atoms with Crippen LogP contribution in [0, 0.1) is 40.7 Å². The molecular formula is C18H18N2O7. The summed E-state index contributed by atoms with van der Waals surface area (Å²) in [5, 5.41) is 13.4. The van der Waals surface area contributed by atoms with Crippen molar-refractivity contribution < 1.29 is 28.8 Å². The highest BCUT2D eigenvalue weighted by Gasteiger charge is 2.64. The van der Waals surface area contributed by atoms with Crippen LogP contribution in [0.4, 0.5) is 11.4 Å². The van der Waals surface area contributed by atoms with E-state index < -0.39 is 35.2 Å². The first-order chi connectivity index (χ1) is 12.8. The molecule has 1 heterocycles. The quantitative estimate of drug-likeness (QED) is 0.471. The van der Waals surface area contributed by atoms with Crippen molar-refractivity contribution in [1.82, 2.24) is 0 Å². The summed E-state index contributed by atoms with van der Waals surface area (Å²) in [6.45, 7) is 1.08. The highest BCUT2D eigenvalue weighted by molar-refractivity contribution is 5.94. The van der Waals surface area contributed by atoms with E-state index in [-0.39, 0.29) is 35.3 Å². The predicted octanol–water partition coefficient (Wildman–Crippen LogP) is 1.58. The zero-order valence-electron chi connectivity index (χ0n) is 14.5. The number of hydrogen-bond acceptors (Lipinski definition) is 7. The minimum Gasteiger partial charge on any atom is -0.462 e. The molecular weight excluding hydrogens is 356 g/mol. The molecule has 1 aliphatic heterocycles. The SMILES string of the molecule is Cc1ccc(NC(=O)COC(=O)[C@@H]2[C@@H]3C[C@@H]4[C@@H]2C(=O)O[C@H]4C3)cc1[N+](=O)[O-]. The van der Waals surface area contributed by atoms with Gasteiger partial charge in [0.2, 0.25) is 0 Å². The van der Waals surface area contributed by atoms with Gasteiger partial charge in [-0.3, -0.25) is 24.5 Å². The molecule has 5 atom stereocenters. The second kappa shape index (κ2) is 6.33. The van der Waals surface area contributed by atoms with Gasteiger partial charge in [0, 0.05) is 23.2 Å². The number of amides is 1. The van der Waals surface area contributed by atoms with E-state index in [1.54, 1.807) is 6.92 Å². The van der Waals surface area contributed by atoms with Gasteiger partial charge >= 0.3 is 11.9 Å². The summed E-state index contributed by atoms with van der Waals surface area (Å²) < 4.78 is 10.4. The fraction of sp³-hybridized carbons (Fsp3) is 0.500. The first-order valence-corrected chi connectivity index (χ1v) is 8.77. The molecule has 1 amide bonds. The summed E-state index contributed by atoms with van der Waals surface area (Å²) >= 11 is 0. The number of aryl methyl sites for hydroxylation is 1. The highest BCUT2D eigenvalue weighted by Crippen LogP contribution is 2.57. The van der Waals surface area contributed by atoms with E-state index in [0.717, 1.165) is 6.42 Å². The van der Waals surface area contributed by atoms with Gasteiger partial charge in [-0.25, -0.2) is 0 Å². The molecule has 3 fully saturated rings. The Bertz CT molecular complexity index is 850. The van der Waals surface area contributed by atoms with Crippen LogP contribution in [0.5, 0.6) is 0 Å². The number of rotatable bonds is 5. The summed E-state index contributed by atoms with van der Waals surface area (Å²) in [5.41, 5.74) is 0.610. The molecule has 2 aliphatic carbocycles. The topological polar surface area (TPSA) is 125 Å². The van der Waals surface area contributed by atoms with E-state index in [0.29, 0.717) is 12.0 Å². The van der Waals surface area contributed by atoms with Crippen molar-refractivity contribution in [2.24, 2.45) is 23.7 Å². The van der Waals surface area contributed by atoms with Crippen LogP contribution in [0.15, 0.2) is 18.2 Å². The van der Waals surface area contributed by atoms with Crippen LogP contribution in [0.2, 0.25) is 0 Å². The molecule has 142 valence electrons. The summed E-state index contributed by atoms with van der Waals surface area (Å²) in [5.74, 6) is -2.36. The van der Waals surface area contributed by atoms with E-state index in [1.165, 1.54) is 18.2 Å². The first kappa shape index (κ1) is 17.4. The number of nitrogens with one attached hydrogen (secondary N) is 1. The summed E-state index contributed by atoms with van der Waals surface area (Å²) in [6.07, 6.45) is 1.38. The number of ether oxygens (including phenoxy) is 2. The van der Waals surface area contributed by atoms with Crippen LogP contribution in [-0.4, -0.2) is 35.5 Å². The highest BCUT2D eigenvalue weighted by atomic mass is 16.6. The van der Waals surface area contributed by atoms with E-state index >= 15 is 0 Å². The van der Waals surface area contributed by atoms with Crippen LogP contribution >= 0.6 is 0 Å². The number of hydrogen-bond donors (Lipinski definition) is 1. The molecule has 4 rings (SSSR count). The van der Waals surface area contributed by atoms with Crippen molar-refractivity contribution in [2.75, 3.05) is 11.9 Å². The Morgan fingerprint density at radius 1 is 1.37 bits per heavy atom. The zero-order chi connectivity index (χ0) is 19.3. The van der Waals surface area contributed by atoms with E-state index in [9.17, 15) is 24.5 Å². The predicted molar refractivity (Wildman–Crippen MR) is 90.5 cm³/mol. The number of anilines is 1. The number of nitrogens with zero attached hydrogens (tertiary/aromatic N) is 1. The van der Waals surface area contributed by atoms with Gasteiger partial charge in [-0.05, 0) is 31.7 Å². The Hall–Kier alpha value is -2.97. The maximum atomic E-state index is 12.4. The van der Waals surface area contributed by atoms with Crippen LogP contribution in [0.3, 0.4) is 0 Å². The second-order valence-corrected chi connectivity index (χ2v) is 7.34. The number of carbonyl (C=O) groups excluding carboxylic acids is 3. The monoisotopic (exact) mass is 374 g/mol. The minimum atomic E-state index is -0.600. The molecule has 1 saturated heterocycles. The number of nitro groups is 1. The second-order valence-electron chi connectivity index (χ2n) is 7.34. The third-order valence-electron chi connectivity index (χ3n) is 5.79. The average Bonchev–Trinajstić information content (AvgIpc) is 3.23.